The summed E-state index contributed by atoms with van der Waals surface area (Å²) in [6, 6.07) is 4.42. The Labute approximate surface area is 133 Å². The molecule has 4 nitrogen and oxygen atoms in total. The molecular formula is C14H24Cl2N4. The average molecular weight is 319 g/mol. The zero-order valence-electron chi connectivity index (χ0n) is 11.6. The number of nitrogens with one attached hydrogen (secondary N) is 1. The van der Waals surface area contributed by atoms with Crippen LogP contribution in [0, 0.1) is 0 Å². The number of nitrogens with two attached hydrogens (primary N) is 1. The van der Waals surface area contributed by atoms with Crippen molar-refractivity contribution < 1.29 is 0 Å². The van der Waals surface area contributed by atoms with Gasteiger partial charge in [0.05, 0.1) is 0 Å². The molecule has 1 aliphatic rings. The van der Waals surface area contributed by atoms with Gasteiger partial charge in [0.25, 0.3) is 0 Å². The second-order valence-electron chi connectivity index (χ2n) is 4.65. The first kappa shape index (κ1) is 19.2. The van der Waals surface area contributed by atoms with E-state index in [2.05, 4.69) is 27.8 Å². The van der Waals surface area contributed by atoms with E-state index in [9.17, 15) is 0 Å². The molecule has 3 N–H and O–H groups in total. The molecule has 2 heterocycles. The molecule has 1 atom stereocenters. The van der Waals surface area contributed by atoms with Crippen LogP contribution < -0.4 is 11.1 Å². The number of aromatic nitrogens is 1. The number of pyridine rings is 1. The Hall–Kier alpha value is -0.810. The lowest BCUT2D eigenvalue weighted by atomic mass is 10.00. The highest BCUT2D eigenvalue weighted by atomic mass is 35.5. The molecule has 0 aromatic carbocycles. The van der Waals surface area contributed by atoms with Crippen LogP contribution >= 0.6 is 24.8 Å². The van der Waals surface area contributed by atoms with E-state index in [1.54, 1.807) is 6.20 Å². The largest absolute Gasteiger partial charge is 0.383 e. The molecule has 1 saturated heterocycles. The molecule has 1 fully saturated rings. The minimum Gasteiger partial charge on any atom is -0.383 e. The van der Waals surface area contributed by atoms with Crippen molar-refractivity contribution in [2.75, 3.05) is 31.9 Å². The number of nitrogen functional groups attached to an aromatic ring is 1. The zero-order chi connectivity index (χ0) is 12.8. The summed E-state index contributed by atoms with van der Waals surface area (Å²) < 4.78 is 0. The summed E-state index contributed by atoms with van der Waals surface area (Å²) in [5.74, 6) is 0.657. The molecule has 0 radical (unpaired) electrons. The fourth-order valence-electron chi connectivity index (χ4n) is 2.52. The fraction of sp³-hybridized carbons (Fsp3) is 0.500. The number of halogens is 2. The van der Waals surface area contributed by atoms with Crippen molar-refractivity contribution in [3.05, 3.63) is 36.5 Å². The number of allylic oxidation sites excluding steroid dienone is 1. The van der Waals surface area contributed by atoms with Crippen molar-refractivity contribution in [2.45, 2.75) is 18.9 Å². The van der Waals surface area contributed by atoms with E-state index in [0.29, 0.717) is 11.9 Å². The molecule has 114 valence electrons. The number of rotatable bonds is 5. The quantitative estimate of drug-likeness (QED) is 0.819. The van der Waals surface area contributed by atoms with E-state index in [1.807, 2.05) is 12.1 Å². The molecule has 0 spiro atoms. The molecular weight excluding hydrogens is 295 g/mol. The van der Waals surface area contributed by atoms with Crippen molar-refractivity contribution in [1.29, 1.82) is 0 Å². The Morgan fingerprint density at radius 1 is 1.40 bits per heavy atom. The van der Waals surface area contributed by atoms with Gasteiger partial charge in [-0.3, -0.25) is 4.90 Å². The van der Waals surface area contributed by atoms with Gasteiger partial charge in [0, 0.05) is 44.0 Å². The Bertz CT molecular complexity index is 395. The van der Waals surface area contributed by atoms with Gasteiger partial charge in [0.15, 0.2) is 0 Å². The molecule has 0 saturated carbocycles. The van der Waals surface area contributed by atoms with Gasteiger partial charge in [-0.15, -0.1) is 31.4 Å². The first-order valence-electron chi connectivity index (χ1n) is 6.59. The molecule has 1 aliphatic heterocycles. The van der Waals surface area contributed by atoms with Gasteiger partial charge < -0.3 is 11.1 Å². The van der Waals surface area contributed by atoms with Gasteiger partial charge >= 0.3 is 0 Å². The van der Waals surface area contributed by atoms with E-state index < -0.39 is 0 Å². The predicted molar refractivity (Wildman–Crippen MR) is 89.8 cm³/mol. The van der Waals surface area contributed by atoms with Crippen LogP contribution in [0.5, 0.6) is 0 Å². The van der Waals surface area contributed by atoms with Gasteiger partial charge in [0.2, 0.25) is 0 Å². The summed E-state index contributed by atoms with van der Waals surface area (Å²) >= 11 is 0. The maximum absolute atomic E-state index is 6.02. The third-order valence-corrected chi connectivity index (χ3v) is 3.47. The molecule has 6 heteroatoms. The summed E-state index contributed by atoms with van der Waals surface area (Å²) in [5, 5.41) is 3.38. The molecule has 20 heavy (non-hydrogen) atoms. The zero-order valence-corrected chi connectivity index (χ0v) is 13.3. The van der Waals surface area contributed by atoms with Crippen LogP contribution in [0.3, 0.4) is 0 Å². The van der Waals surface area contributed by atoms with E-state index in [0.717, 1.165) is 44.6 Å². The minimum absolute atomic E-state index is 0. The lowest BCUT2D eigenvalue weighted by Crippen LogP contribution is -2.45. The Morgan fingerprint density at radius 3 is 2.70 bits per heavy atom. The smallest absolute Gasteiger partial charge is 0.128 e. The molecule has 0 unspecified atom stereocenters. The van der Waals surface area contributed by atoms with Crippen LogP contribution in [0.1, 0.15) is 24.4 Å². The monoisotopic (exact) mass is 318 g/mol. The van der Waals surface area contributed by atoms with Crippen LogP contribution in [-0.2, 0) is 0 Å². The lowest BCUT2D eigenvalue weighted by molar-refractivity contribution is 0.166. The summed E-state index contributed by atoms with van der Waals surface area (Å²) in [6.45, 7) is 8.04. The maximum Gasteiger partial charge on any atom is 0.128 e. The first-order valence-corrected chi connectivity index (χ1v) is 6.59. The Kier molecular flexibility index (Phi) is 9.59. The Morgan fingerprint density at radius 2 is 2.10 bits per heavy atom. The molecule has 0 aliphatic carbocycles. The standard InChI is InChI=1S/C14H22N4.2ClH/c1-2-3-6-13(18-10-8-16-9-11-18)12-5-4-7-17-14(12)15;;/h2,4-5,7,13,16H,1,3,6,8-11H2,(H2,15,17);2*1H/t13-;;/m0../s1. The van der Waals surface area contributed by atoms with E-state index in [1.165, 1.54) is 0 Å². The van der Waals surface area contributed by atoms with Crippen molar-refractivity contribution in [3.8, 4) is 0 Å². The van der Waals surface area contributed by atoms with Crippen LogP contribution in [0.4, 0.5) is 5.82 Å². The molecule has 0 bridgehead atoms. The summed E-state index contributed by atoms with van der Waals surface area (Å²) in [6.07, 6.45) is 5.78. The van der Waals surface area contributed by atoms with Gasteiger partial charge in [-0.05, 0) is 18.9 Å². The molecule has 2 rings (SSSR count). The summed E-state index contributed by atoms with van der Waals surface area (Å²) in [5.41, 5.74) is 7.17. The highest BCUT2D eigenvalue weighted by Gasteiger charge is 2.23. The van der Waals surface area contributed by atoms with Crippen molar-refractivity contribution in [3.63, 3.8) is 0 Å². The normalized spacial score (nSPS) is 16.6. The van der Waals surface area contributed by atoms with Gasteiger partial charge in [0.1, 0.15) is 5.82 Å². The third kappa shape index (κ3) is 4.94. The van der Waals surface area contributed by atoms with Crippen LogP contribution in [0.15, 0.2) is 31.0 Å². The average Bonchev–Trinajstić information content (AvgIpc) is 2.42. The van der Waals surface area contributed by atoms with Crippen LogP contribution in [-0.4, -0.2) is 36.1 Å². The van der Waals surface area contributed by atoms with Gasteiger partial charge in [-0.1, -0.05) is 12.1 Å². The first-order chi connectivity index (χ1) is 8.83. The highest BCUT2D eigenvalue weighted by molar-refractivity contribution is 5.85. The minimum atomic E-state index is 0. The second kappa shape index (κ2) is 10.00. The number of hydrogen-bond acceptors (Lipinski definition) is 4. The van der Waals surface area contributed by atoms with E-state index >= 15 is 0 Å². The van der Waals surface area contributed by atoms with Crippen molar-refractivity contribution in [1.82, 2.24) is 15.2 Å². The van der Waals surface area contributed by atoms with Gasteiger partial charge in [-0.2, -0.15) is 0 Å². The van der Waals surface area contributed by atoms with E-state index in [4.69, 9.17) is 5.73 Å². The SMILES string of the molecule is C=CCC[C@@H](c1cccnc1N)N1CCNCC1.Cl.Cl. The number of piperazine rings is 1. The van der Waals surface area contributed by atoms with Crippen molar-refractivity contribution in [2.24, 2.45) is 0 Å². The maximum atomic E-state index is 6.02. The van der Waals surface area contributed by atoms with Crippen LogP contribution in [0.2, 0.25) is 0 Å². The van der Waals surface area contributed by atoms with E-state index in [-0.39, 0.29) is 24.8 Å². The molecule has 1 aromatic rings. The summed E-state index contributed by atoms with van der Waals surface area (Å²) in [4.78, 5) is 6.71. The highest BCUT2D eigenvalue weighted by Crippen LogP contribution is 2.29. The topological polar surface area (TPSA) is 54.2 Å². The van der Waals surface area contributed by atoms with Crippen LogP contribution in [0.25, 0.3) is 0 Å². The third-order valence-electron chi connectivity index (χ3n) is 3.47. The summed E-state index contributed by atoms with van der Waals surface area (Å²) in [7, 11) is 0. The second-order valence-corrected chi connectivity index (χ2v) is 4.65. The number of anilines is 1. The number of hydrogen-bond donors (Lipinski definition) is 2. The molecule has 1 aromatic heterocycles. The van der Waals surface area contributed by atoms with Gasteiger partial charge in [-0.25, -0.2) is 4.98 Å². The van der Waals surface area contributed by atoms with Crippen molar-refractivity contribution >= 4 is 30.6 Å². The molecule has 0 amide bonds. The fourth-order valence-corrected chi connectivity index (χ4v) is 2.52. The number of nitrogens with zero attached hydrogens (tertiary/aromatic N) is 2. The lowest BCUT2D eigenvalue weighted by Gasteiger charge is -2.35. The Balaban J connectivity index is 0.00000180. The predicted octanol–water partition coefficient (Wildman–Crippen LogP) is 2.42.